The number of hydrogen-bond acceptors (Lipinski definition) is 1. The molecular formula is C16H24ClN. The van der Waals surface area contributed by atoms with Crippen LogP contribution in [0, 0.1) is 5.92 Å². The Morgan fingerprint density at radius 2 is 1.89 bits per heavy atom. The Hall–Kier alpha value is -0.530. The summed E-state index contributed by atoms with van der Waals surface area (Å²) >= 11 is 5.98. The maximum Gasteiger partial charge on any atom is 0.0406 e. The zero-order chi connectivity index (χ0) is 13.2. The van der Waals surface area contributed by atoms with Gasteiger partial charge in [-0.05, 0) is 42.9 Å². The van der Waals surface area contributed by atoms with Crippen molar-refractivity contribution in [2.75, 3.05) is 0 Å². The highest BCUT2D eigenvalue weighted by Crippen LogP contribution is 2.47. The first-order chi connectivity index (χ1) is 8.58. The van der Waals surface area contributed by atoms with Crippen LogP contribution in [0.1, 0.15) is 51.5 Å². The van der Waals surface area contributed by atoms with Crippen LogP contribution in [0.5, 0.6) is 0 Å². The molecule has 1 saturated carbocycles. The minimum atomic E-state index is 0.216. The summed E-state index contributed by atoms with van der Waals surface area (Å²) in [5.74, 6) is 0.713. The van der Waals surface area contributed by atoms with Crippen LogP contribution in [-0.2, 0) is 5.41 Å². The van der Waals surface area contributed by atoms with Gasteiger partial charge in [-0.2, -0.15) is 0 Å². The van der Waals surface area contributed by atoms with Gasteiger partial charge >= 0.3 is 0 Å². The lowest BCUT2D eigenvalue weighted by atomic mass is 9.59. The zero-order valence-corrected chi connectivity index (χ0v) is 12.2. The molecule has 0 heterocycles. The van der Waals surface area contributed by atoms with Crippen LogP contribution in [0.2, 0.25) is 5.02 Å². The molecule has 1 nitrogen and oxygen atoms in total. The summed E-state index contributed by atoms with van der Waals surface area (Å²) in [4.78, 5) is 0. The molecule has 0 amide bonds. The average Bonchev–Trinajstić information content (AvgIpc) is 2.30. The van der Waals surface area contributed by atoms with Crippen molar-refractivity contribution < 1.29 is 0 Å². The zero-order valence-electron chi connectivity index (χ0n) is 11.5. The largest absolute Gasteiger partial charge is 0.327 e. The normalized spacial score (nSPS) is 21.1. The van der Waals surface area contributed by atoms with Crippen molar-refractivity contribution in [3.05, 3.63) is 34.9 Å². The monoisotopic (exact) mass is 265 g/mol. The molecule has 100 valence electrons. The van der Waals surface area contributed by atoms with Gasteiger partial charge in [0.15, 0.2) is 0 Å². The van der Waals surface area contributed by atoms with Gasteiger partial charge in [0.05, 0.1) is 0 Å². The highest BCUT2D eigenvalue weighted by Gasteiger charge is 2.43. The van der Waals surface area contributed by atoms with Gasteiger partial charge in [0.25, 0.3) is 0 Å². The third kappa shape index (κ3) is 2.57. The lowest BCUT2D eigenvalue weighted by Gasteiger charge is -2.47. The van der Waals surface area contributed by atoms with E-state index in [9.17, 15) is 0 Å². The van der Waals surface area contributed by atoms with Crippen LogP contribution in [0.3, 0.4) is 0 Å². The second kappa shape index (κ2) is 5.63. The molecule has 0 bridgehead atoms. The van der Waals surface area contributed by atoms with Crippen molar-refractivity contribution in [1.82, 2.24) is 0 Å². The van der Waals surface area contributed by atoms with Gasteiger partial charge in [0.1, 0.15) is 0 Å². The standard InChI is InChI=1S/C16H24ClN/c1-3-12(2)11-15(18)16(9-4-10-16)13-5-7-14(17)8-6-13/h5-8,12,15H,3-4,9-11,18H2,1-2H3/t12-,15+/m1/s1. The lowest BCUT2D eigenvalue weighted by molar-refractivity contribution is 0.175. The number of benzene rings is 1. The molecule has 2 rings (SSSR count). The molecule has 2 heteroatoms. The molecule has 2 atom stereocenters. The Kier molecular flexibility index (Phi) is 4.34. The SMILES string of the molecule is CC[C@@H](C)C[C@H](N)C1(c2ccc(Cl)cc2)CCC1. The molecular weight excluding hydrogens is 242 g/mol. The van der Waals surface area contributed by atoms with E-state index < -0.39 is 0 Å². The molecule has 0 saturated heterocycles. The highest BCUT2D eigenvalue weighted by molar-refractivity contribution is 6.30. The van der Waals surface area contributed by atoms with Gasteiger partial charge in [-0.25, -0.2) is 0 Å². The van der Waals surface area contributed by atoms with E-state index in [1.165, 1.54) is 31.2 Å². The van der Waals surface area contributed by atoms with E-state index in [1.807, 2.05) is 12.1 Å². The summed E-state index contributed by atoms with van der Waals surface area (Å²) in [5, 5.41) is 0.809. The van der Waals surface area contributed by atoms with Gasteiger partial charge in [0, 0.05) is 16.5 Å². The van der Waals surface area contributed by atoms with Crippen LogP contribution in [0.15, 0.2) is 24.3 Å². The van der Waals surface area contributed by atoms with E-state index in [0.29, 0.717) is 5.92 Å². The maximum atomic E-state index is 6.53. The third-order valence-electron chi connectivity index (χ3n) is 4.73. The van der Waals surface area contributed by atoms with Crippen molar-refractivity contribution in [1.29, 1.82) is 0 Å². The Bertz CT molecular complexity index is 381. The molecule has 1 fully saturated rings. The first-order valence-electron chi connectivity index (χ1n) is 7.10. The second-order valence-corrected chi connectivity index (χ2v) is 6.31. The van der Waals surface area contributed by atoms with Crippen molar-refractivity contribution in [3.8, 4) is 0 Å². The molecule has 0 aliphatic heterocycles. The Morgan fingerprint density at radius 3 is 2.33 bits per heavy atom. The first-order valence-corrected chi connectivity index (χ1v) is 7.48. The van der Waals surface area contributed by atoms with E-state index in [0.717, 1.165) is 11.4 Å². The van der Waals surface area contributed by atoms with E-state index in [2.05, 4.69) is 26.0 Å². The van der Waals surface area contributed by atoms with E-state index >= 15 is 0 Å². The summed E-state index contributed by atoms with van der Waals surface area (Å²) in [5.41, 5.74) is 8.13. The van der Waals surface area contributed by atoms with Gasteiger partial charge in [-0.1, -0.05) is 50.4 Å². The van der Waals surface area contributed by atoms with Gasteiger partial charge in [-0.3, -0.25) is 0 Å². The van der Waals surface area contributed by atoms with Crippen molar-refractivity contribution >= 4 is 11.6 Å². The number of hydrogen-bond donors (Lipinski definition) is 1. The molecule has 1 aromatic carbocycles. The van der Waals surface area contributed by atoms with Crippen LogP contribution in [-0.4, -0.2) is 6.04 Å². The van der Waals surface area contributed by atoms with Crippen molar-refractivity contribution in [2.45, 2.75) is 57.4 Å². The lowest BCUT2D eigenvalue weighted by Crippen LogP contribution is -2.51. The van der Waals surface area contributed by atoms with E-state index in [1.54, 1.807) is 0 Å². The number of rotatable bonds is 5. The smallest absolute Gasteiger partial charge is 0.0406 e. The van der Waals surface area contributed by atoms with Crippen molar-refractivity contribution in [2.24, 2.45) is 11.7 Å². The minimum absolute atomic E-state index is 0.216. The highest BCUT2D eigenvalue weighted by atomic mass is 35.5. The summed E-state index contributed by atoms with van der Waals surface area (Å²) in [7, 11) is 0. The molecule has 0 aromatic heterocycles. The minimum Gasteiger partial charge on any atom is -0.327 e. The van der Waals surface area contributed by atoms with Gasteiger partial charge in [-0.15, -0.1) is 0 Å². The van der Waals surface area contributed by atoms with Crippen LogP contribution >= 0.6 is 11.6 Å². The van der Waals surface area contributed by atoms with Crippen LogP contribution in [0.4, 0.5) is 0 Å². The quantitative estimate of drug-likeness (QED) is 0.832. The predicted molar refractivity (Wildman–Crippen MR) is 79.0 cm³/mol. The topological polar surface area (TPSA) is 26.0 Å². The first kappa shape index (κ1) is 13.9. The fourth-order valence-electron chi connectivity index (χ4n) is 3.04. The van der Waals surface area contributed by atoms with E-state index in [4.69, 9.17) is 17.3 Å². The Morgan fingerprint density at radius 1 is 1.28 bits per heavy atom. The molecule has 1 aliphatic carbocycles. The fraction of sp³-hybridized carbons (Fsp3) is 0.625. The van der Waals surface area contributed by atoms with Gasteiger partial charge in [0.2, 0.25) is 0 Å². The average molecular weight is 266 g/mol. The van der Waals surface area contributed by atoms with E-state index in [-0.39, 0.29) is 11.5 Å². The molecule has 1 aliphatic rings. The molecule has 0 spiro atoms. The third-order valence-corrected chi connectivity index (χ3v) is 4.98. The predicted octanol–water partition coefficient (Wildman–Crippen LogP) is 4.53. The molecule has 0 unspecified atom stereocenters. The van der Waals surface area contributed by atoms with Crippen LogP contribution < -0.4 is 5.73 Å². The second-order valence-electron chi connectivity index (χ2n) is 5.87. The summed E-state index contributed by atoms with van der Waals surface area (Å²) < 4.78 is 0. The summed E-state index contributed by atoms with van der Waals surface area (Å²) in [6, 6.07) is 8.60. The summed E-state index contributed by atoms with van der Waals surface area (Å²) in [6.45, 7) is 4.54. The maximum absolute atomic E-state index is 6.53. The summed E-state index contributed by atoms with van der Waals surface area (Å²) in [6.07, 6.45) is 6.10. The number of nitrogens with two attached hydrogens (primary N) is 1. The molecule has 1 aromatic rings. The molecule has 18 heavy (non-hydrogen) atoms. The Labute approximate surface area is 116 Å². The van der Waals surface area contributed by atoms with Crippen molar-refractivity contribution in [3.63, 3.8) is 0 Å². The fourth-order valence-corrected chi connectivity index (χ4v) is 3.16. The Balaban J connectivity index is 2.17. The molecule has 2 N–H and O–H groups in total. The van der Waals surface area contributed by atoms with Crippen LogP contribution in [0.25, 0.3) is 0 Å². The van der Waals surface area contributed by atoms with Gasteiger partial charge < -0.3 is 5.73 Å². The molecule has 0 radical (unpaired) electrons. The number of halogens is 1.